The topological polar surface area (TPSA) is 125 Å². The van der Waals surface area contributed by atoms with Crippen LogP contribution < -0.4 is 5.32 Å². The van der Waals surface area contributed by atoms with E-state index in [2.05, 4.69) is 10.3 Å². The first-order valence-corrected chi connectivity index (χ1v) is 6.44. The Morgan fingerprint density at radius 1 is 1.48 bits per heavy atom. The third-order valence-electron chi connectivity index (χ3n) is 2.84. The van der Waals surface area contributed by atoms with Gasteiger partial charge in [-0.15, -0.1) is 0 Å². The number of amides is 1. The molecule has 0 aliphatic rings. The van der Waals surface area contributed by atoms with Gasteiger partial charge in [0.25, 0.3) is 11.6 Å². The third-order valence-corrected chi connectivity index (χ3v) is 2.84. The molecule has 0 fully saturated rings. The van der Waals surface area contributed by atoms with Crippen LogP contribution in [0.15, 0.2) is 12.3 Å². The van der Waals surface area contributed by atoms with E-state index in [1.165, 1.54) is 0 Å². The average Bonchev–Trinajstić information content (AvgIpc) is 2.82. The zero-order chi connectivity index (χ0) is 16.2. The molecule has 1 aromatic heterocycles. The summed E-state index contributed by atoms with van der Waals surface area (Å²) in [5.41, 5.74) is -0.370. The molecule has 116 valence electrons. The number of nitrogens with zero attached hydrogens (tertiary/aromatic N) is 1. The Balaban J connectivity index is 2.64. The van der Waals surface area contributed by atoms with Crippen molar-refractivity contribution in [3.05, 3.63) is 28.1 Å². The van der Waals surface area contributed by atoms with Crippen LogP contribution in [-0.2, 0) is 4.79 Å². The molecule has 8 nitrogen and oxygen atoms in total. The van der Waals surface area contributed by atoms with E-state index in [1.54, 1.807) is 0 Å². The Morgan fingerprint density at radius 2 is 2.10 bits per heavy atom. The lowest BCUT2D eigenvalue weighted by atomic mass is 9.84. The lowest BCUT2D eigenvalue weighted by molar-refractivity contribution is -0.384. The van der Waals surface area contributed by atoms with Crippen molar-refractivity contribution >= 4 is 17.6 Å². The molecule has 1 heterocycles. The Labute approximate surface area is 121 Å². The maximum atomic E-state index is 11.8. The van der Waals surface area contributed by atoms with Gasteiger partial charge in [-0.05, 0) is 11.8 Å². The van der Waals surface area contributed by atoms with Crippen LogP contribution in [0.3, 0.4) is 0 Å². The quantitative estimate of drug-likeness (QED) is 0.545. The fourth-order valence-corrected chi connectivity index (χ4v) is 1.92. The molecule has 1 atom stereocenters. The van der Waals surface area contributed by atoms with E-state index in [9.17, 15) is 19.7 Å². The van der Waals surface area contributed by atoms with E-state index < -0.39 is 22.7 Å². The van der Waals surface area contributed by atoms with Gasteiger partial charge < -0.3 is 15.4 Å². The van der Waals surface area contributed by atoms with Gasteiger partial charge in [-0.1, -0.05) is 20.8 Å². The van der Waals surface area contributed by atoms with Crippen molar-refractivity contribution in [3.63, 3.8) is 0 Å². The SMILES string of the molecule is CC(C)(C)CC(CNC(=O)c1cc([N+](=O)[O-])c[nH]1)C(=O)O. The van der Waals surface area contributed by atoms with Crippen LogP contribution >= 0.6 is 0 Å². The number of aliphatic carboxylic acids is 1. The van der Waals surface area contributed by atoms with E-state index in [0.717, 1.165) is 12.3 Å². The van der Waals surface area contributed by atoms with Crippen molar-refractivity contribution < 1.29 is 19.6 Å². The molecule has 0 aromatic carbocycles. The molecule has 8 heteroatoms. The van der Waals surface area contributed by atoms with Crippen molar-refractivity contribution in [3.8, 4) is 0 Å². The minimum Gasteiger partial charge on any atom is -0.481 e. The van der Waals surface area contributed by atoms with Crippen LogP contribution in [-0.4, -0.2) is 33.4 Å². The summed E-state index contributed by atoms with van der Waals surface area (Å²) in [5, 5.41) is 22.2. The lowest BCUT2D eigenvalue weighted by Gasteiger charge is -2.23. The molecule has 0 aliphatic heterocycles. The van der Waals surface area contributed by atoms with Crippen LogP contribution in [0.2, 0.25) is 0 Å². The van der Waals surface area contributed by atoms with Crippen LogP contribution in [0.5, 0.6) is 0 Å². The summed E-state index contributed by atoms with van der Waals surface area (Å²) in [6, 6.07) is 1.11. The van der Waals surface area contributed by atoms with Crippen LogP contribution in [0, 0.1) is 21.4 Å². The van der Waals surface area contributed by atoms with Gasteiger partial charge in [-0.2, -0.15) is 0 Å². The van der Waals surface area contributed by atoms with Gasteiger partial charge >= 0.3 is 5.97 Å². The predicted molar refractivity (Wildman–Crippen MR) is 75.0 cm³/mol. The van der Waals surface area contributed by atoms with Crippen LogP contribution in [0.25, 0.3) is 0 Å². The fraction of sp³-hybridized carbons (Fsp3) is 0.538. The predicted octanol–water partition coefficient (Wildman–Crippen LogP) is 1.79. The number of nitrogens with one attached hydrogen (secondary N) is 2. The summed E-state index contributed by atoms with van der Waals surface area (Å²) in [6.07, 6.45) is 1.52. The largest absolute Gasteiger partial charge is 0.481 e. The molecule has 0 radical (unpaired) electrons. The Kier molecular flexibility index (Phi) is 5.07. The Bertz CT molecular complexity index is 544. The molecule has 21 heavy (non-hydrogen) atoms. The highest BCUT2D eigenvalue weighted by atomic mass is 16.6. The Hall–Kier alpha value is -2.38. The number of H-pyrrole nitrogens is 1. The van der Waals surface area contributed by atoms with Crippen LogP contribution in [0.1, 0.15) is 37.7 Å². The van der Waals surface area contributed by atoms with E-state index >= 15 is 0 Å². The number of aromatic nitrogens is 1. The zero-order valence-electron chi connectivity index (χ0n) is 12.2. The first-order chi connectivity index (χ1) is 9.60. The van der Waals surface area contributed by atoms with Gasteiger partial charge in [0.05, 0.1) is 17.0 Å². The maximum Gasteiger partial charge on any atom is 0.308 e. The first-order valence-electron chi connectivity index (χ1n) is 6.44. The number of nitro groups is 1. The minimum absolute atomic E-state index is 0.0293. The van der Waals surface area contributed by atoms with Gasteiger partial charge in [0.1, 0.15) is 5.69 Å². The third kappa shape index (κ3) is 5.25. The number of aromatic amines is 1. The smallest absolute Gasteiger partial charge is 0.308 e. The van der Waals surface area contributed by atoms with Crippen molar-refractivity contribution in [1.29, 1.82) is 0 Å². The van der Waals surface area contributed by atoms with Crippen LogP contribution in [0.4, 0.5) is 5.69 Å². The molecule has 0 spiro atoms. The number of carbonyl (C=O) groups is 2. The minimum atomic E-state index is -0.984. The highest BCUT2D eigenvalue weighted by molar-refractivity contribution is 5.93. The molecule has 1 aromatic rings. The standard InChI is InChI=1S/C13H19N3O5/c1-13(2,3)5-8(12(18)19)6-15-11(17)10-4-9(7-14-10)16(20)21/h4,7-8,14H,5-6H2,1-3H3,(H,15,17)(H,18,19). The fourth-order valence-electron chi connectivity index (χ4n) is 1.92. The molecule has 0 aliphatic carbocycles. The second-order valence-electron chi connectivity index (χ2n) is 6.04. The molecule has 0 bridgehead atoms. The van der Waals surface area contributed by atoms with E-state index in [1.807, 2.05) is 20.8 Å². The van der Waals surface area contributed by atoms with Crippen molar-refractivity contribution in [2.45, 2.75) is 27.2 Å². The molecular formula is C13H19N3O5. The summed E-state index contributed by atoms with van der Waals surface area (Å²) in [4.78, 5) is 35.4. The highest BCUT2D eigenvalue weighted by Crippen LogP contribution is 2.24. The normalized spacial score (nSPS) is 12.7. The highest BCUT2D eigenvalue weighted by Gasteiger charge is 2.25. The summed E-state index contributed by atoms with van der Waals surface area (Å²) >= 11 is 0. The molecule has 1 rings (SSSR count). The summed E-state index contributed by atoms with van der Waals surface area (Å²) in [7, 11) is 0. The second-order valence-corrected chi connectivity index (χ2v) is 6.04. The van der Waals surface area contributed by atoms with E-state index in [0.29, 0.717) is 6.42 Å². The molecule has 0 saturated carbocycles. The zero-order valence-corrected chi connectivity index (χ0v) is 12.2. The van der Waals surface area contributed by atoms with E-state index in [-0.39, 0.29) is 23.3 Å². The van der Waals surface area contributed by atoms with Crippen molar-refractivity contribution in [2.75, 3.05) is 6.54 Å². The number of carbonyl (C=O) groups excluding carboxylic acids is 1. The van der Waals surface area contributed by atoms with Gasteiger partial charge in [0.2, 0.25) is 0 Å². The van der Waals surface area contributed by atoms with Gasteiger partial charge in [0.15, 0.2) is 0 Å². The lowest BCUT2D eigenvalue weighted by Crippen LogP contribution is -2.35. The van der Waals surface area contributed by atoms with Gasteiger partial charge in [-0.25, -0.2) is 0 Å². The van der Waals surface area contributed by atoms with Gasteiger partial charge in [-0.3, -0.25) is 19.7 Å². The average molecular weight is 297 g/mol. The second kappa shape index (κ2) is 6.38. The first kappa shape index (κ1) is 16.7. The molecular weight excluding hydrogens is 278 g/mol. The summed E-state index contributed by atoms with van der Waals surface area (Å²) in [6.45, 7) is 5.72. The monoisotopic (exact) mass is 297 g/mol. The Morgan fingerprint density at radius 3 is 2.52 bits per heavy atom. The number of carboxylic acids is 1. The molecule has 1 amide bonds. The number of carboxylic acid groups (broad SMARTS) is 1. The molecule has 0 saturated heterocycles. The van der Waals surface area contributed by atoms with Crippen molar-refractivity contribution in [1.82, 2.24) is 10.3 Å². The van der Waals surface area contributed by atoms with Gasteiger partial charge in [0, 0.05) is 12.6 Å². The maximum absolute atomic E-state index is 11.8. The molecule has 3 N–H and O–H groups in total. The number of hydrogen-bond donors (Lipinski definition) is 3. The summed E-state index contributed by atoms with van der Waals surface area (Å²) < 4.78 is 0. The summed E-state index contributed by atoms with van der Waals surface area (Å²) in [5.74, 6) is -2.26. The number of rotatable bonds is 6. The van der Waals surface area contributed by atoms with Crippen molar-refractivity contribution in [2.24, 2.45) is 11.3 Å². The molecule has 1 unspecified atom stereocenters. The number of hydrogen-bond acceptors (Lipinski definition) is 4. The van der Waals surface area contributed by atoms with E-state index in [4.69, 9.17) is 5.11 Å².